The lowest BCUT2D eigenvalue weighted by Crippen LogP contribution is -2.29. The van der Waals surface area contributed by atoms with E-state index >= 15 is 0 Å². The first-order valence-electron chi connectivity index (χ1n) is 11.1. The summed E-state index contributed by atoms with van der Waals surface area (Å²) in [4.78, 5) is 21.4. The maximum absolute atomic E-state index is 12.5. The lowest BCUT2D eigenvalue weighted by molar-refractivity contribution is -0.274. The van der Waals surface area contributed by atoms with Crippen LogP contribution in [0.15, 0.2) is 36.4 Å². The van der Waals surface area contributed by atoms with Gasteiger partial charge in [0.25, 0.3) is 5.91 Å². The fourth-order valence-corrected chi connectivity index (χ4v) is 4.79. The van der Waals surface area contributed by atoms with Gasteiger partial charge in [-0.2, -0.15) is 0 Å². The van der Waals surface area contributed by atoms with Crippen molar-refractivity contribution < 1.29 is 35.9 Å². The number of halogens is 3. The summed E-state index contributed by atoms with van der Waals surface area (Å²) in [6.45, 7) is 0.765. The number of rotatable bonds is 11. The Balaban J connectivity index is 1.38. The molecular formula is C22H23F3N6O5S2. The SMILES string of the molecule is Cn1c(Nc2nc3ccc(OC(F)(F)F)cc3s2)nc2cc(C(=O)NCCOCCNS(C)(=O)=O)ccc21. The van der Waals surface area contributed by atoms with Crippen LogP contribution in [0.4, 0.5) is 24.3 Å². The Bertz CT molecular complexity index is 1570. The minimum atomic E-state index is -4.78. The van der Waals surface area contributed by atoms with E-state index in [2.05, 4.69) is 30.1 Å². The molecule has 0 radical (unpaired) electrons. The van der Waals surface area contributed by atoms with Crippen molar-refractivity contribution in [1.82, 2.24) is 24.6 Å². The number of hydrogen-bond donors (Lipinski definition) is 3. The Labute approximate surface area is 219 Å². The molecule has 0 spiro atoms. The van der Waals surface area contributed by atoms with Crippen molar-refractivity contribution in [3.05, 3.63) is 42.0 Å². The molecule has 2 aromatic heterocycles. The van der Waals surface area contributed by atoms with Crippen molar-refractivity contribution in [2.24, 2.45) is 7.05 Å². The number of amides is 1. The normalized spacial score (nSPS) is 12.2. The van der Waals surface area contributed by atoms with Crippen LogP contribution in [-0.2, 0) is 21.8 Å². The van der Waals surface area contributed by atoms with Crippen molar-refractivity contribution in [3.8, 4) is 5.75 Å². The minimum absolute atomic E-state index is 0.143. The van der Waals surface area contributed by atoms with Gasteiger partial charge in [0.2, 0.25) is 16.0 Å². The van der Waals surface area contributed by atoms with Crippen LogP contribution >= 0.6 is 11.3 Å². The predicted octanol–water partition coefficient (Wildman–Crippen LogP) is 3.12. The molecule has 0 aliphatic rings. The molecule has 0 aliphatic heterocycles. The first kappa shape index (κ1) is 27.6. The van der Waals surface area contributed by atoms with Gasteiger partial charge < -0.3 is 24.7 Å². The number of aryl methyl sites for hydroxylation is 1. The summed E-state index contributed by atoms with van der Waals surface area (Å²) in [5.74, 6) is -0.225. The lowest BCUT2D eigenvalue weighted by atomic mass is 10.2. The number of anilines is 2. The number of imidazole rings is 1. The summed E-state index contributed by atoms with van der Waals surface area (Å²) in [6, 6.07) is 8.93. The van der Waals surface area contributed by atoms with Gasteiger partial charge in [-0.3, -0.25) is 4.79 Å². The van der Waals surface area contributed by atoms with Gasteiger partial charge in [-0.05, 0) is 30.3 Å². The first-order chi connectivity index (χ1) is 17.9. The zero-order chi connectivity index (χ0) is 27.5. The molecule has 3 N–H and O–H groups in total. The monoisotopic (exact) mass is 572 g/mol. The van der Waals surface area contributed by atoms with Crippen LogP contribution in [0.5, 0.6) is 5.75 Å². The summed E-state index contributed by atoms with van der Waals surface area (Å²) in [5, 5.41) is 6.22. The van der Waals surface area contributed by atoms with Crippen LogP contribution < -0.4 is 20.1 Å². The topological polar surface area (TPSA) is 136 Å². The maximum atomic E-state index is 12.5. The second-order valence-electron chi connectivity index (χ2n) is 8.05. The molecule has 0 aliphatic carbocycles. The summed E-state index contributed by atoms with van der Waals surface area (Å²) in [5.41, 5.74) is 2.18. The fraction of sp³-hybridized carbons (Fsp3) is 0.318. The van der Waals surface area contributed by atoms with Gasteiger partial charge >= 0.3 is 6.36 Å². The van der Waals surface area contributed by atoms with Gasteiger partial charge in [0.15, 0.2) is 5.13 Å². The summed E-state index contributed by atoms with van der Waals surface area (Å²) < 4.78 is 73.3. The highest BCUT2D eigenvalue weighted by Crippen LogP contribution is 2.33. The Morgan fingerprint density at radius 2 is 1.84 bits per heavy atom. The van der Waals surface area contributed by atoms with Gasteiger partial charge in [-0.25, -0.2) is 23.1 Å². The third kappa shape index (κ3) is 7.31. The zero-order valence-corrected chi connectivity index (χ0v) is 21.8. The molecule has 0 bridgehead atoms. The molecule has 4 rings (SSSR count). The molecular weight excluding hydrogens is 549 g/mol. The Morgan fingerprint density at radius 3 is 2.58 bits per heavy atom. The molecule has 0 saturated heterocycles. The van der Waals surface area contributed by atoms with E-state index in [-0.39, 0.29) is 38.0 Å². The second kappa shape index (κ2) is 11.1. The maximum Gasteiger partial charge on any atom is 0.573 e. The first-order valence-corrected chi connectivity index (χ1v) is 13.8. The molecule has 0 unspecified atom stereocenters. The summed E-state index contributed by atoms with van der Waals surface area (Å²) in [7, 11) is -1.50. The number of hydrogen-bond acceptors (Lipinski definition) is 9. The lowest BCUT2D eigenvalue weighted by Gasteiger charge is -2.07. The number of thiazole rings is 1. The highest BCUT2D eigenvalue weighted by Gasteiger charge is 2.31. The van der Waals surface area contributed by atoms with Crippen molar-refractivity contribution in [2.45, 2.75) is 6.36 Å². The van der Waals surface area contributed by atoms with Crippen molar-refractivity contribution in [1.29, 1.82) is 0 Å². The van der Waals surface area contributed by atoms with Crippen LogP contribution in [0, 0.1) is 0 Å². The largest absolute Gasteiger partial charge is 0.573 e. The molecule has 0 saturated carbocycles. The van der Waals surface area contributed by atoms with Gasteiger partial charge in [-0.1, -0.05) is 11.3 Å². The molecule has 11 nitrogen and oxygen atoms in total. The number of alkyl halides is 3. The van der Waals surface area contributed by atoms with E-state index in [4.69, 9.17) is 4.74 Å². The van der Waals surface area contributed by atoms with Gasteiger partial charge in [-0.15, -0.1) is 13.2 Å². The molecule has 16 heteroatoms. The number of nitrogens with one attached hydrogen (secondary N) is 3. The second-order valence-corrected chi connectivity index (χ2v) is 10.9. The van der Waals surface area contributed by atoms with Gasteiger partial charge in [0.1, 0.15) is 5.75 Å². The van der Waals surface area contributed by atoms with E-state index in [1.54, 1.807) is 29.8 Å². The molecule has 204 valence electrons. The predicted molar refractivity (Wildman–Crippen MR) is 136 cm³/mol. The van der Waals surface area contributed by atoms with E-state index < -0.39 is 16.4 Å². The summed E-state index contributed by atoms with van der Waals surface area (Å²) in [6.07, 6.45) is -3.73. The van der Waals surface area contributed by atoms with Crippen LogP contribution in [0.3, 0.4) is 0 Å². The van der Waals surface area contributed by atoms with Crippen molar-refractivity contribution in [2.75, 3.05) is 37.9 Å². The molecule has 4 aromatic rings. The summed E-state index contributed by atoms with van der Waals surface area (Å²) >= 11 is 1.14. The number of benzene rings is 2. The Hall–Kier alpha value is -3.47. The Kier molecular flexibility index (Phi) is 8.05. The highest BCUT2D eigenvalue weighted by molar-refractivity contribution is 7.88. The number of nitrogens with zero attached hydrogens (tertiary/aromatic N) is 3. The number of carbonyl (C=O) groups excluding carboxylic acids is 1. The van der Waals surface area contributed by atoms with E-state index in [9.17, 15) is 26.4 Å². The van der Waals surface area contributed by atoms with Crippen LogP contribution in [0.1, 0.15) is 10.4 Å². The zero-order valence-electron chi connectivity index (χ0n) is 20.1. The van der Waals surface area contributed by atoms with E-state index in [0.29, 0.717) is 32.4 Å². The van der Waals surface area contributed by atoms with Gasteiger partial charge in [0, 0.05) is 31.8 Å². The Morgan fingerprint density at radius 1 is 1.08 bits per heavy atom. The standard InChI is InChI=1S/C22H23F3N6O5S2/c1-31-17-6-3-13(19(32)26-7-9-35-10-8-27-38(2,33)34)11-16(17)28-20(31)30-21-29-15-5-4-14(12-18(15)37-21)36-22(23,24)25/h3-6,11-12,27H,7-10H2,1-2H3,(H,26,32)(H,28,29,30). The number of carbonyl (C=O) groups is 1. The average molecular weight is 573 g/mol. The third-order valence-electron chi connectivity index (χ3n) is 5.10. The third-order valence-corrected chi connectivity index (χ3v) is 6.76. The molecule has 2 aromatic carbocycles. The number of sulfonamides is 1. The fourth-order valence-electron chi connectivity index (χ4n) is 3.44. The minimum Gasteiger partial charge on any atom is -0.406 e. The average Bonchev–Trinajstić information content (AvgIpc) is 3.36. The number of fused-ring (bicyclic) bond motifs is 2. The van der Waals surface area contributed by atoms with E-state index in [1.807, 2.05) is 0 Å². The van der Waals surface area contributed by atoms with Crippen molar-refractivity contribution >= 4 is 59.6 Å². The smallest absolute Gasteiger partial charge is 0.406 e. The van der Waals surface area contributed by atoms with Crippen LogP contribution in [-0.4, -0.2) is 67.8 Å². The van der Waals surface area contributed by atoms with Crippen molar-refractivity contribution in [3.63, 3.8) is 0 Å². The highest BCUT2D eigenvalue weighted by atomic mass is 32.2. The van der Waals surface area contributed by atoms with Gasteiger partial charge in [0.05, 0.1) is 40.7 Å². The number of ether oxygens (including phenoxy) is 2. The molecule has 1 amide bonds. The molecule has 0 atom stereocenters. The van der Waals surface area contributed by atoms with Crippen LogP contribution in [0.25, 0.3) is 21.3 Å². The molecule has 38 heavy (non-hydrogen) atoms. The molecule has 2 heterocycles. The number of aromatic nitrogens is 3. The van der Waals surface area contributed by atoms with E-state index in [0.717, 1.165) is 23.1 Å². The van der Waals surface area contributed by atoms with Crippen LogP contribution in [0.2, 0.25) is 0 Å². The molecule has 0 fully saturated rings. The quantitative estimate of drug-likeness (QED) is 0.233. The van der Waals surface area contributed by atoms with E-state index in [1.165, 1.54) is 18.2 Å².